The van der Waals surface area contributed by atoms with E-state index in [0.29, 0.717) is 28.6 Å². The Hall–Kier alpha value is -3.09. The van der Waals surface area contributed by atoms with Gasteiger partial charge in [-0.1, -0.05) is 49.0 Å². The van der Waals surface area contributed by atoms with Gasteiger partial charge in [-0.25, -0.2) is 4.31 Å². The Morgan fingerprint density at radius 3 is 2.56 bits per heavy atom. The smallest absolute Gasteiger partial charge is 0.314 e. The number of ether oxygens (including phenoxy) is 1. The monoisotopic (exact) mass is 532 g/mol. The third-order valence-corrected chi connectivity index (χ3v) is 9.10. The second kappa shape index (κ2) is 10.5. The minimum Gasteiger partial charge on any atom is -0.492 e. The molecule has 0 aliphatic carbocycles. The number of hydrogen-bond donors (Lipinski definition) is 0. The van der Waals surface area contributed by atoms with Gasteiger partial charge in [0.25, 0.3) is 0 Å². The van der Waals surface area contributed by atoms with Crippen molar-refractivity contribution >= 4 is 33.8 Å². The molecule has 4 rings (SSSR count). The van der Waals surface area contributed by atoms with Gasteiger partial charge in [-0.2, -0.15) is 22.5 Å². The predicted molar refractivity (Wildman–Crippen MR) is 134 cm³/mol. The molecular weight excluding hydrogens is 504 g/mol. The Bertz CT molecular complexity index is 1340. The normalized spacial score (nSPS) is 18.6. The van der Waals surface area contributed by atoms with E-state index in [-0.39, 0.29) is 12.3 Å². The number of hydrogen-bond acceptors (Lipinski definition) is 8. The molecule has 192 valence electrons. The molecule has 2 unspecified atom stereocenters. The molecule has 1 aliphatic heterocycles. The van der Waals surface area contributed by atoms with Crippen LogP contribution in [0.4, 0.5) is 0 Å². The molecule has 36 heavy (non-hydrogen) atoms. The minimum atomic E-state index is -3.90. The number of methoxy groups -OCH3 is 1. The molecule has 12 heteroatoms. The largest absolute Gasteiger partial charge is 0.492 e. The summed E-state index contributed by atoms with van der Waals surface area (Å²) in [5.74, 6) is -1.06. The molecule has 0 bridgehead atoms. The SMILES string of the molecule is COc1c(C2CCN(S(=O)(=O)N(C)C)C(=O)C2C)nn(C(=O)c2ccco2)c1SCc1ccccc1. The summed E-state index contributed by atoms with van der Waals surface area (Å²) in [4.78, 5) is 26.4. The first-order valence-electron chi connectivity index (χ1n) is 11.3. The zero-order chi connectivity index (χ0) is 26.0. The van der Waals surface area contributed by atoms with Crippen LogP contribution >= 0.6 is 11.8 Å². The zero-order valence-electron chi connectivity index (χ0n) is 20.4. The maximum absolute atomic E-state index is 13.3. The van der Waals surface area contributed by atoms with Gasteiger partial charge in [0.05, 0.1) is 13.4 Å². The number of furan rings is 1. The van der Waals surface area contributed by atoms with Gasteiger partial charge < -0.3 is 9.15 Å². The lowest BCUT2D eigenvalue weighted by Crippen LogP contribution is -2.50. The van der Waals surface area contributed by atoms with E-state index in [1.54, 1.807) is 19.1 Å². The average molecular weight is 533 g/mol. The van der Waals surface area contributed by atoms with Gasteiger partial charge in [-0.05, 0) is 24.1 Å². The molecule has 2 atom stereocenters. The Kier molecular flexibility index (Phi) is 7.57. The number of piperidine rings is 1. The minimum absolute atomic E-state index is 0.00297. The van der Waals surface area contributed by atoms with Crippen molar-refractivity contribution < 1.29 is 27.2 Å². The van der Waals surface area contributed by atoms with Crippen LogP contribution in [-0.4, -0.2) is 66.4 Å². The van der Waals surface area contributed by atoms with Crippen LogP contribution in [0.1, 0.15) is 41.1 Å². The predicted octanol–water partition coefficient (Wildman–Crippen LogP) is 3.22. The van der Waals surface area contributed by atoms with Gasteiger partial charge in [-0.15, -0.1) is 0 Å². The summed E-state index contributed by atoms with van der Waals surface area (Å²) in [6, 6.07) is 12.9. The van der Waals surface area contributed by atoms with Crippen LogP contribution in [-0.2, 0) is 20.8 Å². The fourth-order valence-corrected chi connectivity index (χ4v) is 6.33. The molecule has 3 heterocycles. The molecule has 2 aromatic heterocycles. The number of carbonyl (C=O) groups excluding carboxylic acids is 2. The summed E-state index contributed by atoms with van der Waals surface area (Å²) in [7, 11) is 0.373. The molecule has 3 aromatic rings. The Morgan fingerprint density at radius 2 is 1.94 bits per heavy atom. The molecule has 10 nitrogen and oxygen atoms in total. The van der Waals surface area contributed by atoms with Crippen LogP contribution in [0.25, 0.3) is 0 Å². The molecule has 1 amide bonds. The van der Waals surface area contributed by atoms with Crippen molar-refractivity contribution in [2.24, 2.45) is 5.92 Å². The van der Waals surface area contributed by atoms with Crippen LogP contribution in [0.2, 0.25) is 0 Å². The van der Waals surface area contributed by atoms with Gasteiger partial charge in [0.15, 0.2) is 11.5 Å². The van der Waals surface area contributed by atoms with Crippen molar-refractivity contribution in [2.75, 3.05) is 27.7 Å². The van der Waals surface area contributed by atoms with Crippen LogP contribution in [0.15, 0.2) is 58.2 Å². The molecule has 1 aromatic carbocycles. The summed E-state index contributed by atoms with van der Waals surface area (Å²) in [5, 5.41) is 5.10. The molecular formula is C24H28N4O6S2. The fourth-order valence-electron chi connectivity index (χ4n) is 4.15. The van der Waals surface area contributed by atoms with Crippen molar-refractivity contribution in [3.05, 3.63) is 65.7 Å². The second-order valence-electron chi connectivity index (χ2n) is 8.58. The summed E-state index contributed by atoms with van der Waals surface area (Å²) in [6.07, 6.45) is 1.75. The molecule has 0 radical (unpaired) electrons. The number of aromatic nitrogens is 2. The lowest BCUT2D eigenvalue weighted by atomic mass is 9.84. The van der Waals surface area contributed by atoms with Gasteiger partial charge in [0.1, 0.15) is 10.7 Å². The van der Waals surface area contributed by atoms with Gasteiger partial charge in [0, 0.05) is 38.2 Å². The first-order chi connectivity index (χ1) is 17.2. The maximum atomic E-state index is 13.3. The summed E-state index contributed by atoms with van der Waals surface area (Å²) < 4.78 is 39.5. The molecule has 1 aliphatic rings. The quantitative estimate of drug-likeness (QED) is 0.406. The summed E-state index contributed by atoms with van der Waals surface area (Å²) >= 11 is 1.39. The number of rotatable bonds is 8. The number of thioether (sulfide) groups is 1. The highest BCUT2D eigenvalue weighted by molar-refractivity contribution is 7.98. The van der Waals surface area contributed by atoms with Crippen molar-refractivity contribution in [2.45, 2.75) is 30.0 Å². The van der Waals surface area contributed by atoms with E-state index in [4.69, 9.17) is 9.15 Å². The highest BCUT2D eigenvalue weighted by Gasteiger charge is 2.43. The Morgan fingerprint density at radius 1 is 1.22 bits per heavy atom. The van der Waals surface area contributed by atoms with Crippen molar-refractivity contribution in [3.63, 3.8) is 0 Å². The van der Waals surface area contributed by atoms with E-state index >= 15 is 0 Å². The maximum Gasteiger partial charge on any atom is 0.314 e. The lowest BCUT2D eigenvalue weighted by Gasteiger charge is -2.36. The standard InChI is InChI=1S/C24H28N4O6S2/c1-16-18(12-13-27(22(16)29)36(31,32)26(2)3)20-21(33-4)24(35-15-17-9-6-5-7-10-17)28(25-20)23(30)19-11-8-14-34-19/h5-11,14,16,18H,12-13,15H2,1-4H3. The van der Waals surface area contributed by atoms with E-state index in [1.807, 2.05) is 30.3 Å². The highest BCUT2D eigenvalue weighted by Crippen LogP contribution is 2.43. The molecule has 0 N–H and O–H groups in total. The van der Waals surface area contributed by atoms with Crippen molar-refractivity contribution in [3.8, 4) is 5.75 Å². The second-order valence-corrected chi connectivity index (χ2v) is 11.6. The van der Waals surface area contributed by atoms with Gasteiger partial charge >= 0.3 is 16.1 Å². The van der Waals surface area contributed by atoms with E-state index in [2.05, 4.69) is 5.10 Å². The van der Waals surface area contributed by atoms with Crippen LogP contribution in [0.5, 0.6) is 5.75 Å². The first-order valence-corrected chi connectivity index (χ1v) is 13.7. The van der Waals surface area contributed by atoms with E-state index in [0.717, 1.165) is 14.2 Å². The highest BCUT2D eigenvalue weighted by atomic mass is 32.2. The number of amides is 1. The first kappa shape index (κ1) is 26.0. The summed E-state index contributed by atoms with van der Waals surface area (Å²) in [5.41, 5.74) is 1.49. The number of nitrogens with zero attached hydrogens (tertiary/aromatic N) is 4. The molecule has 0 spiro atoms. The van der Waals surface area contributed by atoms with Gasteiger partial charge in [-0.3, -0.25) is 9.59 Å². The molecule has 1 saturated heterocycles. The molecule has 1 fully saturated rings. The van der Waals surface area contributed by atoms with Crippen LogP contribution in [0.3, 0.4) is 0 Å². The molecule has 0 saturated carbocycles. The van der Waals surface area contributed by atoms with Crippen molar-refractivity contribution in [1.29, 1.82) is 0 Å². The van der Waals surface area contributed by atoms with E-state index in [9.17, 15) is 18.0 Å². The number of benzene rings is 1. The van der Waals surface area contributed by atoms with Crippen LogP contribution < -0.4 is 4.74 Å². The summed E-state index contributed by atoms with van der Waals surface area (Å²) in [6.45, 7) is 1.68. The fraction of sp³-hybridized carbons (Fsp3) is 0.375. The van der Waals surface area contributed by atoms with Crippen molar-refractivity contribution in [1.82, 2.24) is 18.4 Å². The topological polar surface area (TPSA) is 115 Å². The lowest BCUT2D eigenvalue weighted by molar-refractivity contribution is -0.133. The zero-order valence-corrected chi connectivity index (χ0v) is 22.1. The van der Waals surface area contributed by atoms with Gasteiger partial charge in [0.2, 0.25) is 5.91 Å². The Balaban J connectivity index is 1.73. The van der Waals surface area contributed by atoms with E-state index < -0.39 is 33.9 Å². The third-order valence-electron chi connectivity index (χ3n) is 6.15. The van der Waals surface area contributed by atoms with Crippen LogP contribution in [0, 0.1) is 5.92 Å². The number of carbonyl (C=O) groups is 2. The van der Waals surface area contributed by atoms with E-state index in [1.165, 1.54) is 43.9 Å². The average Bonchev–Trinajstić information content (AvgIpc) is 3.52. The Labute approximate surface area is 214 Å². The third kappa shape index (κ3) is 4.80.